The number of aromatic nitrogens is 1. The summed E-state index contributed by atoms with van der Waals surface area (Å²) in [5.41, 5.74) is 5.20. The van der Waals surface area contributed by atoms with Gasteiger partial charge in [-0.15, -0.1) is 0 Å². The first-order valence-electron chi connectivity index (χ1n) is 15.1. The Hall–Kier alpha value is -3.74. The third-order valence-electron chi connectivity index (χ3n) is 8.50. The number of rotatable bonds is 10. The fourth-order valence-corrected chi connectivity index (χ4v) is 6.37. The van der Waals surface area contributed by atoms with Crippen LogP contribution in [0.15, 0.2) is 48.7 Å². The van der Waals surface area contributed by atoms with Gasteiger partial charge in [-0.2, -0.15) is 4.73 Å². The third-order valence-corrected chi connectivity index (χ3v) is 8.75. The molecular formula is C32H42ClN5O7. The number of pyridine rings is 1. The molecular weight excluding hydrogens is 602 g/mol. The second kappa shape index (κ2) is 14.1. The number of likely N-dealkylation sites (tertiary alicyclic amines) is 1. The Labute approximate surface area is 268 Å². The lowest BCUT2D eigenvalue weighted by atomic mass is 9.82. The second-order valence-corrected chi connectivity index (χ2v) is 12.8. The molecule has 3 N–H and O–H groups in total. The van der Waals surface area contributed by atoms with E-state index >= 15 is 0 Å². The summed E-state index contributed by atoms with van der Waals surface area (Å²) in [7, 11) is 1.25. The molecule has 2 saturated heterocycles. The SMILES string of the molecule is COC(=O)C[C@@H](Cc1cccc[n+]1[O-])C(=O)N1CCC[C@](Cc2ccc(Cl)cc2)(NC(=O)[C@@H]2COC(C)(C)N2C(=O)[C@H](C)N)C1. The maximum atomic E-state index is 14.1. The predicted octanol–water partition coefficient (Wildman–Crippen LogP) is 1.73. The Kier molecular flexibility index (Phi) is 10.7. The first kappa shape index (κ1) is 34.1. The van der Waals surface area contributed by atoms with E-state index in [1.54, 1.807) is 56.0 Å². The summed E-state index contributed by atoms with van der Waals surface area (Å²) < 4.78 is 11.4. The molecule has 4 rings (SSSR count). The largest absolute Gasteiger partial charge is 0.619 e. The van der Waals surface area contributed by atoms with Gasteiger partial charge in [-0.1, -0.05) is 29.8 Å². The van der Waals surface area contributed by atoms with Crippen molar-refractivity contribution in [2.24, 2.45) is 11.7 Å². The Balaban J connectivity index is 1.64. The molecule has 2 aromatic rings. The normalized spacial score (nSPS) is 22.4. The van der Waals surface area contributed by atoms with Gasteiger partial charge in [0.25, 0.3) is 0 Å². The smallest absolute Gasteiger partial charge is 0.306 e. The van der Waals surface area contributed by atoms with Crippen molar-refractivity contribution in [3.8, 4) is 0 Å². The van der Waals surface area contributed by atoms with Gasteiger partial charge < -0.3 is 30.6 Å². The molecule has 0 spiro atoms. The van der Waals surface area contributed by atoms with E-state index in [0.29, 0.717) is 41.3 Å². The third kappa shape index (κ3) is 8.11. The molecule has 3 amide bonds. The number of hydrogen-bond acceptors (Lipinski definition) is 8. The molecule has 1 aromatic carbocycles. The fourth-order valence-electron chi connectivity index (χ4n) is 6.25. The zero-order valence-electron chi connectivity index (χ0n) is 26.2. The molecule has 2 aliphatic rings. The number of piperidine rings is 1. The standard InChI is InChI=1S/C32H42ClN5O7/c1-21(34)29(41)38-26(19-45-31(38,2)3)28(40)35-32(18-22-9-11-24(33)12-10-22)13-7-14-36(20-32)30(42)23(17-27(39)44-4)16-25-8-5-6-15-37(25)43/h5-6,8-12,15,21,23,26H,7,13-14,16-20,34H2,1-4H3,(H,35,40)/t21-,23+,26-,32+/m0/s1. The number of esters is 1. The number of nitrogens with two attached hydrogens (primary N) is 1. The summed E-state index contributed by atoms with van der Waals surface area (Å²) in [4.78, 5) is 56.6. The van der Waals surface area contributed by atoms with Crippen LogP contribution in [0.2, 0.25) is 5.02 Å². The fraction of sp³-hybridized carbons (Fsp3) is 0.531. The molecule has 45 heavy (non-hydrogen) atoms. The minimum Gasteiger partial charge on any atom is -0.619 e. The van der Waals surface area contributed by atoms with Crippen molar-refractivity contribution in [3.63, 3.8) is 0 Å². The zero-order chi connectivity index (χ0) is 32.9. The van der Waals surface area contributed by atoms with Gasteiger partial charge in [-0.3, -0.25) is 24.1 Å². The van der Waals surface area contributed by atoms with Crippen LogP contribution in [0.3, 0.4) is 0 Å². The first-order valence-corrected chi connectivity index (χ1v) is 15.4. The summed E-state index contributed by atoms with van der Waals surface area (Å²) >= 11 is 6.14. The van der Waals surface area contributed by atoms with Crippen molar-refractivity contribution in [2.45, 2.75) is 76.2 Å². The summed E-state index contributed by atoms with van der Waals surface area (Å²) in [6.07, 6.45) is 2.65. The summed E-state index contributed by atoms with van der Waals surface area (Å²) in [5.74, 6) is -2.57. The highest BCUT2D eigenvalue weighted by Gasteiger charge is 2.50. The topological polar surface area (TPSA) is 158 Å². The van der Waals surface area contributed by atoms with E-state index in [4.69, 9.17) is 26.8 Å². The van der Waals surface area contributed by atoms with Gasteiger partial charge in [0, 0.05) is 36.7 Å². The van der Waals surface area contributed by atoms with Gasteiger partial charge in [0.05, 0.1) is 37.6 Å². The number of ether oxygens (including phenoxy) is 2. The lowest BCUT2D eigenvalue weighted by Crippen LogP contribution is -2.65. The number of benzene rings is 1. The molecule has 2 fully saturated rings. The Morgan fingerprint density at radius 1 is 1.18 bits per heavy atom. The number of carbonyl (C=O) groups is 4. The van der Waals surface area contributed by atoms with Crippen LogP contribution in [0, 0.1) is 11.1 Å². The summed E-state index contributed by atoms with van der Waals surface area (Å²) in [5, 5.41) is 16.2. The Morgan fingerprint density at radius 2 is 1.89 bits per heavy atom. The van der Waals surface area contributed by atoms with Crippen LogP contribution in [-0.2, 0) is 41.5 Å². The highest BCUT2D eigenvalue weighted by molar-refractivity contribution is 6.30. The van der Waals surface area contributed by atoms with Crippen molar-refractivity contribution in [1.82, 2.24) is 15.1 Å². The molecule has 0 saturated carbocycles. The van der Waals surface area contributed by atoms with Crippen LogP contribution in [0.5, 0.6) is 0 Å². The molecule has 0 bridgehead atoms. The second-order valence-electron chi connectivity index (χ2n) is 12.4. The number of nitrogens with zero attached hydrogens (tertiary/aromatic N) is 3. The van der Waals surface area contributed by atoms with Crippen molar-refractivity contribution >= 4 is 35.3 Å². The summed E-state index contributed by atoms with van der Waals surface area (Å²) in [6, 6.07) is 10.4. The van der Waals surface area contributed by atoms with Gasteiger partial charge in [0.2, 0.25) is 17.7 Å². The van der Waals surface area contributed by atoms with Gasteiger partial charge in [0.15, 0.2) is 11.9 Å². The van der Waals surface area contributed by atoms with E-state index in [1.165, 1.54) is 18.2 Å². The summed E-state index contributed by atoms with van der Waals surface area (Å²) in [6.45, 7) is 5.52. The maximum absolute atomic E-state index is 14.1. The van der Waals surface area contributed by atoms with Crippen molar-refractivity contribution in [2.75, 3.05) is 26.8 Å². The molecule has 2 aliphatic heterocycles. The molecule has 244 valence electrons. The molecule has 13 heteroatoms. The molecule has 0 unspecified atom stereocenters. The molecule has 1 aromatic heterocycles. The first-order chi connectivity index (χ1) is 21.2. The van der Waals surface area contributed by atoms with Gasteiger partial charge >= 0.3 is 5.97 Å². The van der Waals surface area contributed by atoms with Crippen LogP contribution < -0.4 is 15.8 Å². The average molecular weight is 644 g/mol. The molecule has 0 aliphatic carbocycles. The van der Waals surface area contributed by atoms with E-state index < -0.39 is 47.0 Å². The van der Waals surface area contributed by atoms with E-state index in [0.717, 1.165) is 5.56 Å². The van der Waals surface area contributed by atoms with E-state index in [9.17, 15) is 24.4 Å². The van der Waals surface area contributed by atoms with Crippen LogP contribution in [0.4, 0.5) is 0 Å². The quantitative estimate of drug-likeness (QED) is 0.225. The molecule has 4 atom stereocenters. The number of nitrogens with one attached hydrogen (secondary N) is 1. The lowest BCUT2D eigenvalue weighted by molar-refractivity contribution is -0.614. The number of amides is 3. The van der Waals surface area contributed by atoms with E-state index in [-0.39, 0.29) is 31.9 Å². The number of hydrogen-bond donors (Lipinski definition) is 2. The van der Waals surface area contributed by atoms with Crippen LogP contribution >= 0.6 is 11.6 Å². The minimum absolute atomic E-state index is 0.00949. The molecule has 3 heterocycles. The van der Waals surface area contributed by atoms with E-state index in [2.05, 4.69) is 5.32 Å². The van der Waals surface area contributed by atoms with Crippen LogP contribution in [0.25, 0.3) is 0 Å². The monoisotopic (exact) mass is 643 g/mol. The predicted molar refractivity (Wildman–Crippen MR) is 165 cm³/mol. The van der Waals surface area contributed by atoms with Crippen molar-refractivity contribution < 1.29 is 33.4 Å². The minimum atomic E-state index is -1.04. The zero-order valence-corrected chi connectivity index (χ0v) is 26.9. The molecule has 12 nitrogen and oxygen atoms in total. The lowest BCUT2D eigenvalue weighted by Gasteiger charge is -2.45. The molecule has 0 radical (unpaired) electrons. The van der Waals surface area contributed by atoms with Gasteiger partial charge in [0.1, 0.15) is 11.8 Å². The Bertz CT molecular complexity index is 1400. The van der Waals surface area contributed by atoms with Crippen molar-refractivity contribution in [1.29, 1.82) is 0 Å². The Morgan fingerprint density at radius 3 is 2.53 bits per heavy atom. The van der Waals surface area contributed by atoms with Gasteiger partial charge in [-0.25, -0.2) is 0 Å². The number of carbonyl (C=O) groups excluding carboxylic acids is 4. The number of halogens is 1. The van der Waals surface area contributed by atoms with Crippen LogP contribution in [0.1, 0.15) is 51.3 Å². The number of methoxy groups -OCH3 is 1. The van der Waals surface area contributed by atoms with Crippen LogP contribution in [-0.4, -0.2) is 83.6 Å². The van der Waals surface area contributed by atoms with Crippen molar-refractivity contribution in [3.05, 3.63) is 70.1 Å². The average Bonchev–Trinajstić information content (AvgIpc) is 3.32. The highest BCUT2D eigenvalue weighted by atomic mass is 35.5. The van der Waals surface area contributed by atoms with E-state index in [1.807, 2.05) is 12.1 Å². The maximum Gasteiger partial charge on any atom is 0.306 e. The highest BCUT2D eigenvalue weighted by Crippen LogP contribution is 2.32. The van der Waals surface area contributed by atoms with Gasteiger partial charge in [-0.05, 0) is 57.7 Å².